The van der Waals surface area contributed by atoms with Crippen LogP contribution in [-0.4, -0.2) is 48.2 Å². The summed E-state index contributed by atoms with van der Waals surface area (Å²) in [5.41, 5.74) is 1.30. The average Bonchev–Trinajstić information content (AvgIpc) is 3.46. The van der Waals surface area contributed by atoms with Crippen molar-refractivity contribution in [3.05, 3.63) is 77.4 Å². The molecule has 1 aliphatic heterocycles. The number of carbonyl (C=O) groups is 2. The lowest BCUT2D eigenvalue weighted by molar-refractivity contribution is -0.132. The van der Waals surface area contributed by atoms with E-state index in [0.29, 0.717) is 28.1 Å². The number of benzene rings is 3. The van der Waals surface area contributed by atoms with E-state index in [4.69, 9.17) is 14.2 Å². The lowest BCUT2D eigenvalue weighted by Gasteiger charge is -2.23. The quantitative estimate of drug-likeness (QED) is 0.215. The summed E-state index contributed by atoms with van der Waals surface area (Å²) in [6.45, 7) is 0. The van der Waals surface area contributed by atoms with Crippen molar-refractivity contribution >= 4 is 44.1 Å². The highest BCUT2D eigenvalue weighted by molar-refractivity contribution is 7.22. The summed E-state index contributed by atoms with van der Waals surface area (Å²) in [6, 6.07) is 15.3. The van der Waals surface area contributed by atoms with Gasteiger partial charge in [-0.05, 0) is 60.2 Å². The lowest BCUT2D eigenvalue weighted by atomic mass is 9.95. The molecule has 37 heavy (non-hydrogen) atoms. The van der Waals surface area contributed by atoms with Crippen molar-refractivity contribution in [3.8, 4) is 23.0 Å². The second-order valence-electron chi connectivity index (χ2n) is 8.16. The molecule has 0 saturated carbocycles. The predicted molar refractivity (Wildman–Crippen MR) is 139 cm³/mol. The Balaban J connectivity index is 1.72. The van der Waals surface area contributed by atoms with Crippen LogP contribution in [0.2, 0.25) is 0 Å². The summed E-state index contributed by atoms with van der Waals surface area (Å²) in [6.07, 6.45) is 0. The molecule has 1 aromatic heterocycles. The van der Waals surface area contributed by atoms with Gasteiger partial charge in [0.1, 0.15) is 17.3 Å². The van der Waals surface area contributed by atoms with Gasteiger partial charge in [0.25, 0.3) is 5.78 Å². The summed E-state index contributed by atoms with van der Waals surface area (Å²) in [5.74, 6) is -0.790. The number of methoxy groups -OCH3 is 3. The zero-order valence-electron chi connectivity index (χ0n) is 20.1. The summed E-state index contributed by atoms with van der Waals surface area (Å²) >= 11 is 1.22. The first-order chi connectivity index (χ1) is 17.9. The molecule has 2 N–H and O–H groups in total. The number of carbonyl (C=O) groups excluding carboxylic acids is 2. The van der Waals surface area contributed by atoms with Crippen LogP contribution in [0, 0.1) is 0 Å². The molecule has 9 nitrogen and oxygen atoms in total. The molecule has 188 valence electrons. The number of ether oxygens (including phenoxy) is 3. The third kappa shape index (κ3) is 4.11. The predicted octanol–water partition coefficient (Wildman–Crippen LogP) is 4.65. The van der Waals surface area contributed by atoms with Crippen LogP contribution in [-0.2, 0) is 9.59 Å². The Bertz CT molecular complexity index is 1560. The molecule has 2 heterocycles. The van der Waals surface area contributed by atoms with E-state index in [1.807, 2.05) is 0 Å². The first-order valence-electron chi connectivity index (χ1n) is 11.1. The Morgan fingerprint density at radius 2 is 1.62 bits per heavy atom. The number of aliphatic hydroxyl groups is 1. The van der Waals surface area contributed by atoms with Gasteiger partial charge in [0.2, 0.25) is 0 Å². The minimum Gasteiger partial charge on any atom is -0.507 e. The molecule has 1 atom stereocenters. The van der Waals surface area contributed by atoms with Crippen molar-refractivity contribution in [2.75, 3.05) is 26.2 Å². The fourth-order valence-electron chi connectivity index (χ4n) is 4.24. The molecule has 1 amide bonds. The van der Waals surface area contributed by atoms with E-state index in [-0.39, 0.29) is 28.0 Å². The van der Waals surface area contributed by atoms with Crippen molar-refractivity contribution in [3.63, 3.8) is 0 Å². The maximum Gasteiger partial charge on any atom is 0.301 e. The summed E-state index contributed by atoms with van der Waals surface area (Å²) in [7, 11) is 4.47. The Labute approximate surface area is 215 Å². The highest BCUT2D eigenvalue weighted by Gasteiger charge is 2.48. The first-order valence-corrected chi connectivity index (χ1v) is 11.9. The fourth-order valence-corrected chi connectivity index (χ4v) is 5.26. The van der Waals surface area contributed by atoms with E-state index >= 15 is 0 Å². The molecule has 0 bridgehead atoms. The van der Waals surface area contributed by atoms with Gasteiger partial charge >= 0.3 is 5.91 Å². The van der Waals surface area contributed by atoms with Crippen LogP contribution in [0.4, 0.5) is 5.13 Å². The van der Waals surface area contributed by atoms with Gasteiger partial charge in [-0.1, -0.05) is 17.4 Å². The van der Waals surface area contributed by atoms with Gasteiger partial charge in [0, 0.05) is 5.56 Å². The molecule has 1 saturated heterocycles. The number of ketones is 1. The van der Waals surface area contributed by atoms with Gasteiger partial charge in [-0.15, -0.1) is 0 Å². The number of phenols is 1. The number of nitrogens with zero attached hydrogens (tertiary/aromatic N) is 2. The third-order valence-electron chi connectivity index (χ3n) is 6.12. The number of phenolic OH excluding ortho intramolecular Hbond substituents is 1. The number of fused-ring (bicyclic) bond motifs is 1. The van der Waals surface area contributed by atoms with E-state index < -0.39 is 17.7 Å². The van der Waals surface area contributed by atoms with Crippen LogP contribution in [0.1, 0.15) is 17.2 Å². The largest absolute Gasteiger partial charge is 0.507 e. The molecular weight excluding hydrogens is 496 g/mol. The number of hydrogen-bond donors (Lipinski definition) is 2. The number of Topliss-reactive ketones (excluding diaryl/α,β-unsaturated/α-hetero) is 1. The highest BCUT2D eigenvalue weighted by Crippen LogP contribution is 2.46. The average molecular weight is 519 g/mol. The third-order valence-corrected chi connectivity index (χ3v) is 7.14. The summed E-state index contributed by atoms with van der Waals surface area (Å²) in [4.78, 5) is 32.7. The van der Waals surface area contributed by atoms with E-state index in [2.05, 4.69) is 4.98 Å². The minimum absolute atomic E-state index is 0.106. The SMILES string of the molecule is COc1ccc(C(O)=C2C(=O)C(=O)N(c3nc4ccc(OC)cc4s3)C2c2ccc(O)c(OC)c2)cc1. The van der Waals surface area contributed by atoms with Crippen LogP contribution in [0.25, 0.3) is 16.0 Å². The first kappa shape index (κ1) is 24.1. The van der Waals surface area contributed by atoms with Gasteiger partial charge < -0.3 is 24.4 Å². The van der Waals surface area contributed by atoms with E-state index in [1.165, 1.54) is 42.6 Å². The van der Waals surface area contributed by atoms with Crippen molar-refractivity contribution in [1.82, 2.24) is 4.98 Å². The number of amides is 1. The molecule has 0 radical (unpaired) electrons. The topological polar surface area (TPSA) is 118 Å². The van der Waals surface area contributed by atoms with Crippen LogP contribution in [0.5, 0.6) is 23.0 Å². The zero-order valence-corrected chi connectivity index (χ0v) is 20.9. The standard InChI is InChI=1S/C27H22N2O7S/c1-34-16-7-4-14(5-8-16)24(31)22-23(15-6-11-19(30)20(12-15)36-3)29(26(33)25(22)32)27-28-18-10-9-17(35-2)13-21(18)37-27/h4-13,23,30-31H,1-3H3. The highest BCUT2D eigenvalue weighted by atomic mass is 32.1. The minimum atomic E-state index is -1.03. The number of aliphatic hydroxyl groups excluding tert-OH is 1. The molecule has 0 spiro atoms. The second-order valence-corrected chi connectivity index (χ2v) is 9.17. The molecule has 1 unspecified atom stereocenters. The molecule has 4 aromatic rings. The van der Waals surface area contributed by atoms with Gasteiger partial charge in [-0.2, -0.15) is 0 Å². The van der Waals surface area contributed by atoms with Gasteiger partial charge in [-0.25, -0.2) is 4.98 Å². The smallest absolute Gasteiger partial charge is 0.301 e. The summed E-state index contributed by atoms with van der Waals surface area (Å²) in [5, 5.41) is 21.7. The Kier molecular flexibility index (Phi) is 6.18. The van der Waals surface area contributed by atoms with E-state index in [0.717, 1.165) is 4.70 Å². The number of aromatic nitrogens is 1. The lowest BCUT2D eigenvalue weighted by Crippen LogP contribution is -2.29. The molecule has 10 heteroatoms. The Morgan fingerprint density at radius 1 is 0.919 bits per heavy atom. The number of hydrogen-bond acceptors (Lipinski definition) is 9. The molecule has 1 aliphatic rings. The van der Waals surface area contributed by atoms with Crippen molar-refractivity contribution in [2.45, 2.75) is 6.04 Å². The Morgan fingerprint density at radius 3 is 2.30 bits per heavy atom. The van der Waals surface area contributed by atoms with Crippen LogP contribution in [0.15, 0.2) is 66.2 Å². The maximum absolute atomic E-state index is 13.4. The van der Waals surface area contributed by atoms with Crippen LogP contribution in [0.3, 0.4) is 0 Å². The number of anilines is 1. The Hall–Kier alpha value is -4.57. The van der Waals surface area contributed by atoms with Gasteiger partial charge in [0.05, 0.1) is 43.2 Å². The van der Waals surface area contributed by atoms with Crippen molar-refractivity contribution < 1.29 is 34.0 Å². The van der Waals surface area contributed by atoms with Crippen molar-refractivity contribution in [2.24, 2.45) is 0 Å². The number of aromatic hydroxyl groups is 1. The molecule has 0 aliphatic carbocycles. The number of rotatable bonds is 6. The maximum atomic E-state index is 13.4. The van der Waals surface area contributed by atoms with Gasteiger partial charge in [0.15, 0.2) is 16.6 Å². The molecule has 5 rings (SSSR count). The molecule has 1 fully saturated rings. The van der Waals surface area contributed by atoms with Crippen LogP contribution >= 0.6 is 11.3 Å². The van der Waals surface area contributed by atoms with Crippen LogP contribution < -0.4 is 19.1 Å². The zero-order chi connectivity index (χ0) is 26.3. The molecule has 3 aromatic carbocycles. The number of thiazole rings is 1. The normalized spacial score (nSPS) is 16.8. The summed E-state index contributed by atoms with van der Waals surface area (Å²) < 4.78 is 16.5. The monoisotopic (exact) mass is 518 g/mol. The fraction of sp³-hybridized carbons (Fsp3) is 0.148. The molecular formula is C27H22N2O7S. The van der Waals surface area contributed by atoms with E-state index in [1.54, 1.807) is 55.6 Å². The van der Waals surface area contributed by atoms with Crippen molar-refractivity contribution in [1.29, 1.82) is 0 Å². The van der Waals surface area contributed by atoms with E-state index in [9.17, 15) is 19.8 Å². The van der Waals surface area contributed by atoms with Gasteiger partial charge in [-0.3, -0.25) is 14.5 Å². The second kappa shape index (κ2) is 9.47.